The number of anilines is 1. The minimum Gasteiger partial charge on any atom is -0.491 e. The molecular formula is C18H15F4NO7S. The Kier molecular flexibility index (Phi) is 7.10. The maximum Gasteiger partial charge on any atom is 0.416 e. The second-order valence-corrected chi connectivity index (χ2v) is 7.83. The van der Waals surface area contributed by atoms with Crippen LogP contribution < -0.4 is 9.46 Å². The minimum atomic E-state index is -4.93. The lowest BCUT2D eigenvalue weighted by Crippen LogP contribution is -2.15. The van der Waals surface area contributed by atoms with Crippen LogP contribution in [0.2, 0.25) is 0 Å². The summed E-state index contributed by atoms with van der Waals surface area (Å²) in [4.78, 5) is 20.8. The number of sulfonamides is 1. The van der Waals surface area contributed by atoms with Gasteiger partial charge in [0.05, 0.1) is 28.3 Å². The fourth-order valence-electron chi connectivity index (χ4n) is 2.36. The van der Waals surface area contributed by atoms with Gasteiger partial charge in [0, 0.05) is 6.42 Å². The average molecular weight is 465 g/mol. The van der Waals surface area contributed by atoms with Crippen molar-refractivity contribution < 1.29 is 50.5 Å². The van der Waals surface area contributed by atoms with Crippen molar-refractivity contribution >= 4 is 27.6 Å². The highest BCUT2D eigenvalue weighted by atomic mass is 32.2. The van der Waals surface area contributed by atoms with E-state index in [4.69, 9.17) is 14.9 Å². The van der Waals surface area contributed by atoms with Crippen LogP contribution >= 0.6 is 0 Å². The monoisotopic (exact) mass is 465 g/mol. The number of benzene rings is 2. The van der Waals surface area contributed by atoms with Crippen LogP contribution in [0.4, 0.5) is 23.2 Å². The van der Waals surface area contributed by atoms with E-state index in [1.54, 1.807) is 4.72 Å². The van der Waals surface area contributed by atoms with Gasteiger partial charge in [-0.25, -0.2) is 17.6 Å². The highest BCUT2D eigenvalue weighted by molar-refractivity contribution is 7.92. The normalized spacial score (nSPS) is 11.7. The van der Waals surface area contributed by atoms with Crippen LogP contribution in [-0.4, -0.2) is 37.2 Å². The van der Waals surface area contributed by atoms with Crippen LogP contribution in [-0.2, 0) is 21.0 Å². The van der Waals surface area contributed by atoms with Crippen molar-refractivity contribution in [2.24, 2.45) is 0 Å². The topological polar surface area (TPSA) is 130 Å². The summed E-state index contributed by atoms with van der Waals surface area (Å²) in [6.45, 7) is -0.143. The molecule has 0 heterocycles. The number of aromatic carboxylic acids is 1. The van der Waals surface area contributed by atoms with E-state index in [-0.39, 0.29) is 25.2 Å². The number of aliphatic carboxylic acids is 1. The molecule has 8 nitrogen and oxygen atoms in total. The first-order chi connectivity index (χ1) is 14.3. The Morgan fingerprint density at radius 2 is 1.74 bits per heavy atom. The van der Waals surface area contributed by atoms with E-state index in [0.29, 0.717) is 24.3 Å². The number of carboxylic acids is 2. The Bertz CT molecular complexity index is 1100. The van der Waals surface area contributed by atoms with Crippen LogP contribution in [0, 0.1) is 5.82 Å². The van der Waals surface area contributed by atoms with E-state index in [2.05, 4.69) is 0 Å². The first kappa shape index (κ1) is 23.9. The Balaban J connectivity index is 2.26. The van der Waals surface area contributed by atoms with Gasteiger partial charge >= 0.3 is 18.1 Å². The van der Waals surface area contributed by atoms with Crippen molar-refractivity contribution in [1.82, 2.24) is 0 Å². The second kappa shape index (κ2) is 9.20. The van der Waals surface area contributed by atoms with Gasteiger partial charge in [0.1, 0.15) is 0 Å². The summed E-state index contributed by atoms with van der Waals surface area (Å²) in [6, 6.07) is 3.87. The Morgan fingerprint density at radius 1 is 1.06 bits per heavy atom. The summed E-state index contributed by atoms with van der Waals surface area (Å²) in [5.74, 6) is -4.23. The van der Waals surface area contributed by atoms with Gasteiger partial charge in [-0.3, -0.25) is 9.52 Å². The van der Waals surface area contributed by atoms with Gasteiger partial charge < -0.3 is 14.9 Å². The van der Waals surface area contributed by atoms with Crippen molar-refractivity contribution in [3.05, 3.63) is 53.3 Å². The third-order valence-corrected chi connectivity index (χ3v) is 5.14. The number of carbonyl (C=O) groups is 2. The molecule has 0 saturated carbocycles. The zero-order valence-corrected chi connectivity index (χ0v) is 16.3. The van der Waals surface area contributed by atoms with E-state index in [1.807, 2.05) is 0 Å². The van der Waals surface area contributed by atoms with Gasteiger partial charge in [-0.2, -0.15) is 13.2 Å². The average Bonchev–Trinajstić information content (AvgIpc) is 2.64. The number of carboxylic acid groups (broad SMARTS) is 2. The Morgan fingerprint density at radius 3 is 2.29 bits per heavy atom. The molecule has 13 heteroatoms. The van der Waals surface area contributed by atoms with E-state index >= 15 is 0 Å². The van der Waals surface area contributed by atoms with Crippen LogP contribution in [0.15, 0.2) is 41.3 Å². The Labute approximate surface area is 173 Å². The number of hydrogen-bond acceptors (Lipinski definition) is 5. The summed E-state index contributed by atoms with van der Waals surface area (Å²) in [5.41, 5.74) is -2.87. The van der Waals surface area contributed by atoms with E-state index in [0.717, 1.165) is 12.1 Å². The summed E-state index contributed by atoms with van der Waals surface area (Å²) in [5, 5.41) is 17.5. The van der Waals surface area contributed by atoms with Crippen molar-refractivity contribution in [2.75, 3.05) is 11.3 Å². The van der Waals surface area contributed by atoms with Gasteiger partial charge in [0.25, 0.3) is 10.0 Å². The van der Waals surface area contributed by atoms with Crippen molar-refractivity contribution in [2.45, 2.75) is 23.9 Å². The molecule has 0 aliphatic carbocycles. The standard InChI is InChI=1S/C18H15F4NO7S/c19-14-9-13(3-4-15(14)30-5-1-2-16(24)25)31(28,29)23-12-7-10(17(26)27)6-11(8-12)18(20,21)22/h3-4,6-9,23H,1-2,5H2,(H,24,25)(H,26,27). The predicted octanol–water partition coefficient (Wildman–Crippen LogP) is 3.59. The summed E-state index contributed by atoms with van der Waals surface area (Å²) >= 11 is 0. The highest BCUT2D eigenvalue weighted by Gasteiger charge is 2.32. The molecule has 0 atom stereocenters. The molecule has 0 amide bonds. The molecule has 2 aromatic rings. The van der Waals surface area contributed by atoms with E-state index in [9.17, 15) is 35.6 Å². The highest BCUT2D eigenvalue weighted by Crippen LogP contribution is 2.33. The number of nitrogens with one attached hydrogen (secondary N) is 1. The van der Waals surface area contributed by atoms with Gasteiger partial charge in [0.2, 0.25) is 0 Å². The van der Waals surface area contributed by atoms with Gasteiger partial charge in [-0.1, -0.05) is 0 Å². The Hall–Kier alpha value is -3.35. The van der Waals surface area contributed by atoms with Crippen LogP contribution in [0.5, 0.6) is 5.75 Å². The zero-order valence-electron chi connectivity index (χ0n) is 15.4. The van der Waals surface area contributed by atoms with Gasteiger partial charge in [-0.05, 0) is 42.8 Å². The molecule has 0 bridgehead atoms. The summed E-state index contributed by atoms with van der Waals surface area (Å²) < 4.78 is 84.7. The fourth-order valence-corrected chi connectivity index (χ4v) is 3.41. The molecule has 0 fully saturated rings. The maximum atomic E-state index is 14.1. The molecule has 0 radical (unpaired) electrons. The third kappa shape index (κ3) is 6.57. The maximum absolute atomic E-state index is 14.1. The lowest BCUT2D eigenvalue weighted by atomic mass is 10.1. The molecule has 0 unspecified atom stereocenters. The first-order valence-electron chi connectivity index (χ1n) is 8.42. The molecule has 0 aromatic heterocycles. The van der Waals surface area contributed by atoms with Crippen LogP contribution in [0.25, 0.3) is 0 Å². The number of rotatable bonds is 9. The smallest absolute Gasteiger partial charge is 0.416 e. The summed E-state index contributed by atoms with van der Waals surface area (Å²) in [7, 11) is -4.58. The number of hydrogen-bond donors (Lipinski definition) is 3. The zero-order chi connectivity index (χ0) is 23.4. The quantitative estimate of drug-likeness (QED) is 0.381. The molecule has 2 rings (SSSR count). The molecule has 0 spiro atoms. The van der Waals surface area contributed by atoms with Gasteiger partial charge in [-0.15, -0.1) is 0 Å². The molecule has 31 heavy (non-hydrogen) atoms. The molecule has 0 saturated heterocycles. The number of alkyl halides is 3. The van der Waals surface area contributed by atoms with E-state index in [1.165, 1.54) is 0 Å². The summed E-state index contributed by atoms with van der Waals surface area (Å²) in [6.07, 6.45) is -5.07. The minimum absolute atomic E-state index is 0.0812. The van der Waals surface area contributed by atoms with Crippen LogP contribution in [0.3, 0.4) is 0 Å². The van der Waals surface area contributed by atoms with Gasteiger partial charge in [0.15, 0.2) is 11.6 Å². The van der Waals surface area contributed by atoms with Crippen molar-refractivity contribution in [3.8, 4) is 5.75 Å². The molecule has 0 aliphatic rings. The predicted molar refractivity (Wildman–Crippen MR) is 98.0 cm³/mol. The molecule has 168 valence electrons. The van der Waals surface area contributed by atoms with Crippen LogP contribution in [0.1, 0.15) is 28.8 Å². The molecular weight excluding hydrogens is 450 g/mol. The molecule has 2 aromatic carbocycles. The second-order valence-electron chi connectivity index (χ2n) is 6.15. The largest absolute Gasteiger partial charge is 0.491 e. The van der Waals surface area contributed by atoms with Crippen molar-refractivity contribution in [3.63, 3.8) is 0 Å². The number of ether oxygens (including phenoxy) is 1. The molecule has 0 aliphatic heterocycles. The SMILES string of the molecule is O=C(O)CCCOc1ccc(S(=O)(=O)Nc2cc(C(=O)O)cc(C(F)(F)F)c2)cc1F. The molecule has 3 N–H and O–H groups in total. The number of halogens is 4. The fraction of sp³-hybridized carbons (Fsp3) is 0.222. The lowest BCUT2D eigenvalue weighted by Gasteiger charge is -2.13. The van der Waals surface area contributed by atoms with E-state index < -0.39 is 55.7 Å². The third-order valence-electron chi connectivity index (χ3n) is 3.77. The van der Waals surface area contributed by atoms with Crippen molar-refractivity contribution in [1.29, 1.82) is 0 Å². The first-order valence-corrected chi connectivity index (χ1v) is 9.90. The lowest BCUT2D eigenvalue weighted by molar-refractivity contribution is -0.138.